The van der Waals surface area contributed by atoms with E-state index in [1.807, 2.05) is 0 Å². The van der Waals surface area contributed by atoms with Crippen LogP contribution in [0.15, 0.2) is 0 Å². The van der Waals surface area contributed by atoms with E-state index in [9.17, 15) is 0 Å². The van der Waals surface area contributed by atoms with Gasteiger partial charge in [0.1, 0.15) is 5.82 Å². The van der Waals surface area contributed by atoms with E-state index in [4.69, 9.17) is 4.98 Å². The molecule has 2 bridgehead atoms. The van der Waals surface area contributed by atoms with Gasteiger partial charge in [-0.3, -0.25) is 0 Å². The van der Waals surface area contributed by atoms with Crippen LogP contribution in [-0.2, 0) is 12.8 Å². The number of aromatic amines is 1. The molecule has 2 N–H and O–H groups in total. The fraction of sp³-hybridized carbons (Fsp3) is 0.750. The van der Waals surface area contributed by atoms with Gasteiger partial charge in [0.05, 0.1) is 11.7 Å². The standard InChI is InChI=1S/C12H19N3/c1-7(2)5-11-14-10-6-8-3-4-9(13-8)12(10)15-11/h7-9,13H,3-6H2,1-2H3,(H,14,15). The second kappa shape index (κ2) is 3.34. The van der Waals surface area contributed by atoms with Crippen molar-refractivity contribution in [2.75, 3.05) is 0 Å². The average molecular weight is 205 g/mol. The van der Waals surface area contributed by atoms with Gasteiger partial charge < -0.3 is 10.3 Å². The van der Waals surface area contributed by atoms with Crippen molar-refractivity contribution in [2.24, 2.45) is 5.92 Å². The van der Waals surface area contributed by atoms with E-state index < -0.39 is 0 Å². The summed E-state index contributed by atoms with van der Waals surface area (Å²) in [6, 6.07) is 1.24. The third-order valence-electron chi connectivity index (χ3n) is 3.48. The third kappa shape index (κ3) is 1.59. The summed E-state index contributed by atoms with van der Waals surface area (Å²) in [4.78, 5) is 8.27. The Labute approximate surface area is 90.7 Å². The quantitative estimate of drug-likeness (QED) is 0.775. The predicted molar refractivity (Wildman–Crippen MR) is 59.7 cm³/mol. The van der Waals surface area contributed by atoms with Gasteiger partial charge >= 0.3 is 0 Å². The fourth-order valence-electron chi connectivity index (χ4n) is 2.85. The molecule has 0 aliphatic carbocycles. The van der Waals surface area contributed by atoms with Gasteiger partial charge in [-0.05, 0) is 18.8 Å². The largest absolute Gasteiger partial charge is 0.346 e. The van der Waals surface area contributed by atoms with E-state index >= 15 is 0 Å². The summed E-state index contributed by atoms with van der Waals surface area (Å²) in [6.45, 7) is 4.48. The summed E-state index contributed by atoms with van der Waals surface area (Å²) < 4.78 is 0. The molecule has 2 unspecified atom stereocenters. The van der Waals surface area contributed by atoms with Crippen LogP contribution in [0, 0.1) is 5.92 Å². The molecule has 2 aliphatic heterocycles. The minimum atomic E-state index is 0.538. The maximum Gasteiger partial charge on any atom is 0.106 e. The van der Waals surface area contributed by atoms with Gasteiger partial charge in [-0.2, -0.15) is 0 Å². The Balaban J connectivity index is 1.89. The van der Waals surface area contributed by atoms with E-state index in [0.717, 1.165) is 12.8 Å². The molecule has 0 amide bonds. The highest BCUT2D eigenvalue weighted by atomic mass is 15.1. The number of imidazole rings is 1. The molecule has 3 nitrogen and oxygen atoms in total. The normalized spacial score (nSPS) is 28.5. The van der Waals surface area contributed by atoms with Crippen LogP contribution < -0.4 is 5.32 Å². The first-order valence-corrected chi connectivity index (χ1v) is 6.06. The van der Waals surface area contributed by atoms with Crippen LogP contribution in [0.4, 0.5) is 0 Å². The lowest BCUT2D eigenvalue weighted by Crippen LogP contribution is -2.31. The molecule has 0 spiro atoms. The van der Waals surface area contributed by atoms with E-state index in [-0.39, 0.29) is 0 Å². The van der Waals surface area contributed by atoms with Crippen LogP contribution in [0.3, 0.4) is 0 Å². The number of nitrogens with zero attached hydrogens (tertiary/aromatic N) is 1. The molecule has 1 aromatic heterocycles. The maximum atomic E-state index is 4.75. The van der Waals surface area contributed by atoms with Crippen molar-refractivity contribution in [3.8, 4) is 0 Å². The van der Waals surface area contributed by atoms with E-state index in [1.54, 1.807) is 0 Å². The molecule has 3 rings (SSSR count). The summed E-state index contributed by atoms with van der Waals surface area (Å²) in [5, 5.41) is 3.63. The third-order valence-corrected chi connectivity index (χ3v) is 3.48. The number of rotatable bonds is 2. The first-order chi connectivity index (χ1) is 7.22. The highest BCUT2D eigenvalue weighted by Gasteiger charge is 2.34. The van der Waals surface area contributed by atoms with Crippen molar-refractivity contribution >= 4 is 0 Å². The number of nitrogens with one attached hydrogen (secondary N) is 2. The molecule has 0 saturated carbocycles. The highest BCUT2D eigenvalue weighted by molar-refractivity contribution is 5.25. The van der Waals surface area contributed by atoms with Crippen molar-refractivity contribution in [3.63, 3.8) is 0 Å². The SMILES string of the molecule is CC(C)Cc1nc2c([nH]1)CC1CCC2N1. The highest BCUT2D eigenvalue weighted by Crippen LogP contribution is 2.34. The summed E-state index contributed by atoms with van der Waals surface area (Å²) in [6.07, 6.45) is 4.80. The number of hydrogen-bond donors (Lipinski definition) is 2. The fourth-order valence-corrected chi connectivity index (χ4v) is 2.85. The van der Waals surface area contributed by atoms with Crippen molar-refractivity contribution < 1.29 is 0 Å². The monoisotopic (exact) mass is 205 g/mol. The Bertz CT molecular complexity index is 367. The van der Waals surface area contributed by atoms with E-state index in [2.05, 4.69) is 24.1 Å². The zero-order valence-corrected chi connectivity index (χ0v) is 9.51. The number of H-pyrrole nitrogens is 1. The van der Waals surface area contributed by atoms with Crippen LogP contribution in [0.5, 0.6) is 0 Å². The molecule has 3 heteroatoms. The smallest absolute Gasteiger partial charge is 0.106 e. The molecule has 1 saturated heterocycles. The van der Waals surface area contributed by atoms with Gasteiger partial charge in [0, 0.05) is 24.6 Å². The van der Waals surface area contributed by atoms with Gasteiger partial charge in [0.15, 0.2) is 0 Å². The van der Waals surface area contributed by atoms with E-state index in [1.165, 1.54) is 30.1 Å². The minimum absolute atomic E-state index is 0.538. The van der Waals surface area contributed by atoms with Gasteiger partial charge in [-0.1, -0.05) is 13.8 Å². The Morgan fingerprint density at radius 1 is 1.40 bits per heavy atom. The lowest BCUT2D eigenvalue weighted by molar-refractivity contribution is 0.503. The zero-order chi connectivity index (χ0) is 10.4. The molecule has 2 aliphatic rings. The van der Waals surface area contributed by atoms with Gasteiger partial charge in [-0.15, -0.1) is 0 Å². The molecular weight excluding hydrogens is 186 g/mol. The second-order valence-electron chi connectivity index (χ2n) is 5.34. The molecule has 0 aromatic carbocycles. The van der Waals surface area contributed by atoms with Gasteiger partial charge in [0.2, 0.25) is 0 Å². The Morgan fingerprint density at radius 3 is 3.07 bits per heavy atom. The Hall–Kier alpha value is -0.830. The first kappa shape index (κ1) is 9.40. The van der Waals surface area contributed by atoms with Crippen LogP contribution in [0.2, 0.25) is 0 Å². The number of hydrogen-bond acceptors (Lipinski definition) is 2. The van der Waals surface area contributed by atoms with Gasteiger partial charge in [-0.25, -0.2) is 4.98 Å². The molecule has 1 aromatic rings. The van der Waals surface area contributed by atoms with Crippen molar-refractivity contribution in [3.05, 3.63) is 17.2 Å². The van der Waals surface area contributed by atoms with Crippen LogP contribution >= 0.6 is 0 Å². The first-order valence-electron chi connectivity index (χ1n) is 6.06. The zero-order valence-electron chi connectivity index (χ0n) is 9.51. The summed E-state index contributed by atoms with van der Waals surface area (Å²) in [5.41, 5.74) is 2.70. The van der Waals surface area contributed by atoms with Crippen LogP contribution in [-0.4, -0.2) is 16.0 Å². The molecule has 2 atom stereocenters. The topological polar surface area (TPSA) is 40.7 Å². The molecule has 82 valence electrons. The van der Waals surface area contributed by atoms with Crippen molar-refractivity contribution in [1.82, 2.24) is 15.3 Å². The van der Waals surface area contributed by atoms with Crippen LogP contribution in [0.25, 0.3) is 0 Å². The van der Waals surface area contributed by atoms with Gasteiger partial charge in [0.25, 0.3) is 0 Å². The molecule has 1 fully saturated rings. The molecule has 3 heterocycles. The van der Waals surface area contributed by atoms with Crippen LogP contribution in [0.1, 0.15) is 49.9 Å². The Kier molecular flexibility index (Phi) is 2.09. The second-order valence-corrected chi connectivity index (χ2v) is 5.34. The van der Waals surface area contributed by atoms with Crippen molar-refractivity contribution in [2.45, 2.75) is 51.6 Å². The summed E-state index contributed by atoms with van der Waals surface area (Å²) >= 11 is 0. The van der Waals surface area contributed by atoms with Crippen molar-refractivity contribution in [1.29, 1.82) is 0 Å². The molecular formula is C12H19N3. The molecule has 0 radical (unpaired) electrons. The minimum Gasteiger partial charge on any atom is -0.346 e. The molecule has 15 heavy (non-hydrogen) atoms. The average Bonchev–Trinajstić information content (AvgIpc) is 2.71. The predicted octanol–water partition coefficient (Wildman–Crippen LogP) is 1.96. The Morgan fingerprint density at radius 2 is 2.27 bits per heavy atom. The lowest BCUT2D eigenvalue weighted by Gasteiger charge is -2.19. The van der Waals surface area contributed by atoms with E-state index in [0.29, 0.717) is 18.0 Å². The maximum absolute atomic E-state index is 4.75. The lowest BCUT2D eigenvalue weighted by atomic mass is 10.1. The summed E-state index contributed by atoms with van der Waals surface area (Å²) in [5.74, 6) is 1.87. The number of fused-ring (bicyclic) bond motifs is 4. The number of aromatic nitrogens is 2. The summed E-state index contributed by atoms with van der Waals surface area (Å²) in [7, 11) is 0.